The van der Waals surface area contributed by atoms with E-state index in [4.69, 9.17) is 12.2 Å². The van der Waals surface area contributed by atoms with Crippen LogP contribution in [0, 0.1) is 9.87 Å². The molecule has 0 radical (unpaired) electrons. The van der Waals surface area contributed by atoms with Crippen LogP contribution < -0.4 is 5.32 Å². The Kier molecular flexibility index (Phi) is 3.35. The van der Waals surface area contributed by atoms with Crippen molar-refractivity contribution in [3.63, 3.8) is 0 Å². The summed E-state index contributed by atoms with van der Waals surface area (Å²) in [7, 11) is 0. The van der Waals surface area contributed by atoms with E-state index in [1.165, 1.54) is 34.2 Å². The van der Waals surface area contributed by atoms with Crippen molar-refractivity contribution >= 4 is 41.2 Å². The van der Waals surface area contributed by atoms with Crippen LogP contribution in [0.5, 0.6) is 0 Å². The van der Waals surface area contributed by atoms with Crippen LogP contribution in [0.4, 0.5) is 0 Å². The first-order valence-electron chi connectivity index (χ1n) is 6.78. The van der Waals surface area contributed by atoms with Crippen molar-refractivity contribution < 1.29 is 4.79 Å². The molecule has 7 heteroatoms. The molecule has 3 atom stereocenters. The van der Waals surface area contributed by atoms with Gasteiger partial charge in [-0.05, 0) is 35.7 Å². The molecule has 1 amide bonds. The summed E-state index contributed by atoms with van der Waals surface area (Å²) in [6.07, 6.45) is 1.10. The molecule has 2 aromatic rings. The quantitative estimate of drug-likeness (QED) is 0.666. The number of fused-ring (bicyclic) bond motifs is 3. The average Bonchev–Trinajstić information content (AvgIpc) is 2.86. The maximum atomic E-state index is 12.0. The van der Waals surface area contributed by atoms with Crippen molar-refractivity contribution in [2.24, 2.45) is 5.92 Å². The number of H-pyrrole nitrogens is 1. The molecule has 4 rings (SSSR count). The van der Waals surface area contributed by atoms with E-state index in [1.807, 2.05) is 0 Å². The zero-order valence-corrected chi connectivity index (χ0v) is 13.5. The number of carbonyl (C=O) groups excluding carboxylic acids is 1. The second-order valence-corrected chi connectivity index (χ2v) is 8.24. The first kappa shape index (κ1) is 13.5. The highest BCUT2D eigenvalue weighted by atomic mass is 32.2. The number of hydrogen-bond acceptors (Lipinski definition) is 5. The lowest BCUT2D eigenvalue weighted by atomic mass is 10.1. The van der Waals surface area contributed by atoms with Crippen molar-refractivity contribution in [2.45, 2.75) is 22.7 Å². The van der Waals surface area contributed by atoms with Gasteiger partial charge in [-0.25, -0.2) is 0 Å². The summed E-state index contributed by atoms with van der Waals surface area (Å²) in [6.45, 7) is 0. The Morgan fingerprint density at radius 1 is 1.52 bits per heavy atom. The van der Waals surface area contributed by atoms with Crippen LogP contribution in [0.3, 0.4) is 0 Å². The van der Waals surface area contributed by atoms with Gasteiger partial charge < -0.3 is 5.32 Å². The van der Waals surface area contributed by atoms with Gasteiger partial charge in [0.15, 0.2) is 8.29 Å². The van der Waals surface area contributed by atoms with Crippen molar-refractivity contribution in [2.75, 3.05) is 5.75 Å². The fraction of sp³-hybridized carbons (Fsp3) is 0.357. The van der Waals surface area contributed by atoms with Gasteiger partial charge in [0.05, 0.1) is 5.75 Å². The minimum Gasteiger partial charge on any atom is -0.352 e. The standard InChI is InChI=1S/C14H13N3OS3/c18-10(6-20-14-17-16-13(19)21-14)15-12-9-5-7-3-1-2-4-8(7)11(9)12/h1-4,9,11-12H,5-6H2,(H,15,18)(H,16,19)/t9-,11-,12-/m1/s1. The molecule has 4 nitrogen and oxygen atoms in total. The fourth-order valence-electron chi connectivity index (χ4n) is 3.18. The van der Waals surface area contributed by atoms with E-state index in [9.17, 15) is 4.79 Å². The van der Waals surface area contributed by atoms with Crippen LogP contribution >= 0.6 is 35.3 Å². The van der Waals surface area contributed by atoms with Gasteiger partial charge in [-0.1, -0.05) is 47.4 Å². The molecule has 2 aliphatic rings. The number of nitrogens with zero attached hydrogens (tertiary/aromatic N) is 1. The molecule has 1 aromatic carbocycles. The predicted octanol–water partition coefficient (Wildman–Crippen LogP) is 2.75. The zero-order valence-electron chi connectivity index (χ0n) is 11.0. The maximum Gasteiger partial charge on any atom is 0.230 e. The lowest BCUT2D eigenvalue weighted by Crippen LogP contribution is -2.30. The Labute approximate surface area is 135 Å². The molecular formula is C14H13N3OS3. The molecule has 108 valence electrons. The molecule has 2 aliphatic carbocycles. The second kappa shape index (κ2) is 5.23. The highest BCUT2D eigenvalue weighted by Gasteiger charge is 2.56. The Morgan fingerprint density at radius 2 is 2.38 bits per heavy atom. The highest BCUT2D eigenvalue weighted by molar-refractivity contribution is 8.01. The number of rotatable bonds is 4. The molecule has 1 saturated carbocycles. The van der Waals surface area contributed by atoms with Crippen LogP contribution in [0.25, 0.3) is 0 Å². The third kappa shape index (κ3) is 2.54. The number of benzene rings is 1. The summed E-state index contributed by atoms with van der Waals surface area (Å²) < 4.78 is 1.46. The Balaban J connectivity index is 1.32. The number of amides is 1. The summed E-state index contributed by atoms with van der Waals surface area (Å²) in [5, 5.41) is 9.92. The zero-order chi connectivity index (χ0) is 14.4. The molecule has 0 unspecified atom stereocenters. The number of aromatic nitrogens is 2. The van der Waals surface area contributed by atoms with E-state index in [-0.39, 0.29) is 5.91 Å². The van der Waals surface area contributed by atoms with Crippen molar-refractivity contribution in [3.05, 3.63) is 39.3 Å². The van der Waals surface area contributed by atoms with Crippen LogP contribution in [0.2, 0.25) is 0 Å². The van der Waals surface area contributed by atoms with Crippen LogP contribution in [0.15, 0.2) is 28.6 Å². The summed E-state index contributed by atoms with van der Waals surface area (Å²) in [4.78, 5) is 12.0. The van der Waals surface area contributed by atoms with Gasteiger partial charge >= 0.3 is 0 Å². The molecule has 1 fully saturated rings. The molecule has 21 heavy (non-hydrogen) atoms. The van der Waals surface area contributed by atoms with Gasteiger partial charge in [0.1, 0.15) is 0 Å². The fourth-order valence-corrected chi connectivity index (χ4v) is 5.07. The number of hydrogen-bond donors (Lipinski definition) is 2. The molecule has 2 N–H and O–H groups in total. The third-order valence-corrected chi connectivity index (χ3v) is 6.34. The molecular weight excluding hydrogens is 322 g/mol. The van der Waals surface area contributed by atoms with Crippen molar-refractivity contribution in [3.8, 4) is 0 Å². The Hall–Kier alpha value is -1.18. The molecule has 0 bridgehead atoms. The second-order valence-electron chi connectivity index (χ2n) is 5.35. The van der Waals surface area contributed by atoms with E-state index < -0.39 is 0 Å². The number of aromatic amines is 1. The largest absolute Gasteiger partial charge is 0.352 e. The van der Waals surface area contributed by atoms with Gasteiger partial charge in [0.25, 0.3) is 0 Å². The van der Waals surface area contributed by atoms with Gasteiger partial charge in [0, 0.05) is 12.0 Å². The van der Waals surface area contributed by atoms with Gasteiger partial charge in [-0.3, -0.25) is 9.89 Å². The minimum absolute atomic E-state index is 0.0815. The first-order chi connectivity index (χ1) is 10.2. The highest BCUT2D eigenvalue weighted by Crippen LogP contribution is 2.56. The molecule has 1 aromatic heterocycles. The average molecular weight is 335 g/mol. The molecule has 1 heterocycles. The van der Waals surface area contributed by atoms with Crippen molar-refractivity contribution in [1.82, 2.24) is 15.5 Å². The van der Waals surface area contributed by atoms with Crippen molar-refractivity contribution in [1.29, 1.82) is 0 Å². The summed E-state index contributed by atoms with van der Waals surface area (Å²) in [6, 6.07) is 8.88. The van der Waals surface area contributed by atoms with Gasteiger partial charge in [0.2, 0.25) is 5.91 Å². The van der Waals surface area contributed by atoms with Gasteiger partial charge in [-0.2, -0.15) is 5.10 Å². The summed E-state index contributed by atoms with van der Waals surface area (Å²) in [5.74, 6) is 1.61. The Bertz CT molecular complexity index is 754. The molecule has 0 spiro atoms. The third-order valence-electron chi connectivity index (χ3n) is 4.11. The predicted molar refractivity (Wildman–Crippen MR) is 86.3 cm³/mol. The lowest BCUT2D eigenvalue weighted by molar-refractivity contribution is -0.118. The summed E-state index contributed by atoms with van der Waals surface area (Å²) in [5.41, 5.74) is 2.87. The van der Waals surface area contributed by atoms with Crippen LogP contribution in [0.1, 0.15) is 17.0 Å². The van der Waals surface area contributed by atoms with Crippen LogP contribution in [-0.4, -0.2) is 27.9 Å². The smallest absolute Gasteiger partial charge is 0.230 e. The SMILES string of the molecule is O=C(CSc1n[nH]c(=S)s1)N[C@@H]1[C@@H]2Cc3ccccc3[C@H]21. The van der Waals surface area contributed by atoms with E-state index >= 15 is 0 Å². The summed E-state index contributed by atoms with van der Waals surface area (Å²) >= 11 is 7.80. The van der Waals surface area contributed by atoms with E-state index in [1.54, 1.807) is 0 Å². The normalized spacial score (nSPS) is 25.2. The van der Waals surface area contributed by atoms with Crippen LogP contribution in [-0.2, 0) is 11.2 Å². The minimum atomic E-state index is 0.0815. The van der Waals surface area contributed by atoms with E-state index in [0.717, 1.165) is 10.8 Å². The number of nitrogens with one attached hydrogen (secondary N) is 2. The van der Waals surface area contributed by atoms with Gasteiger partial charge in [-0.15, -0.1) is 0 Å². The maximum absolute atomic E-state index is 12.0. The first-order valence-corrected chi connectivity index (χ1v) is 8.99. The van der Waals surface area contributed by atoms with E-state index in [0.29, 0.717) is 27.6 Å². The molecule has 0 aliphatic heterocycles. The Morgan fingerprint density at radius 3 is 3.19 bits per heavy atom. The number of carbonyl (C=O) groups is 1. The van der Waals surface area contributed by atoms with E-state index in [2.05, 4.69) is 39.8 Å². The topological polar surface area (TPSA) is 57.8 Å². The molecule has 0 saturated heterocycles. The number of thioether (sulfide) groups is 1. The lowest BCUT2D eigenvalue weighted by Gasteiger charge is -2.09. The monoisotopic (exact) mass is 335 g/mol.